The molecule has 1 aromatic carbocycles. The number of sulfonamides is 1. The summed E-state index contributed by atoms with van der Waals surface area (Å²) in [6.45, 7) is 10.9. The number of aryl methyl sites for hydroxylation is 1. The lowest BCUT2D eigenvalue weighted by Crippen LogP contribution is -2.41. The molecule has 0 aliphatic carbocycles. The van der Waals surface area contributed by atoms with Crippen LogP contribution < -0.4 is 0 Å². The van der Waals surface area contributed by atoms with Gasteiger partial charge in [-0.1, -0.05) is 52.3 Å². The molecular formula is C19H31NO4S. The average Bonchev–Trinajstić information content (AvgIpc) is 2.49. The van der Waals surface area contributed by atoms with Crippen LogP contribution in [0.25, 0.3) is 0 Å². The van der Waals surface area contributed by atoms with E-state index >= 15 is 0 Å². The van der Waals surface area contributed by atoms with Crippen molar-refractivity contribution in [3.63, 3.8) is 0 Å². The van der Waals surface area contributed by atoms with E-state index in [1.54, 1.807) is 45.0 Å². The van der Waals surface area contributed by atoms with E-state index in [4.69, 9.17) is 0 Å². The minimum absolute atomic E-state index is 0.0299. The Balaban J connectivity index is 3.11. The van der Waals surface area contributed by atoms with Crippen molar-refractivity contribution < 1.29 is 18.3 Å². The van der Waals surface area contributed by atoms with Crippen molar-refractivity contribution >= 4 is 15.8 Å². The Bertz CT molecular complexity index is 672. The topological polar surface area (TPSA) is 74.7 Å². The number of hydrogen-bond donors (Lipinski definition) is 1. The third-order valence-corrected chi connectivity index (χ3v) is 6.12. The van der Waals surface area contributed by atoms with Crippen LogP contribution in [-0.4, -0.2) is 42.8 Å². The maximum absolute atomic E-state index is 13.0. The highest BCUT2D eigenvalue weighted by atomic mass is 32.2. The Hall–Kier alpha value is -1.24. The maximum Gasteiger partial charge on any atom is 0.243 e. The van der Waals surface area contributed by atoms with Crippen LogP contribution in [0.5, 0.6) is 0 Å². The lowest BCUT2D eigenvalue weighted by Gasteiger charge is -2.27. The van der Waals surface area contributed by atoms with Crippen molar-refractivity contribution in [3.05, 3.63) is 29.8 Å². The molecule has 25 heavy (non-hydrogen) atoms. The zero-order valence-corrected chi connectivity index (χ0v) is 16.9. The molecule has 0 aliphatic rings. The summed E-state index contributed by atoms with van der Waals surface area (Å²) in [5, 5.41) is 10.0. The first-order chi connectivity index (χ1) is 11.4. The van der Waals surface area contributed by atoms with Crippen molar-refractivity contribution in [1.82, 2.24) is 4.31 Å². The summed E-state index contributed by atoms with van der Waals surface area (Å²) in [5.74, 6) is -0.121. The van der Waals surface area contributed by atoms with Crippen molar-refractivity contribution in [2.24, 2.45) is 11.3 Å². The molecule has 1 N–H and O–H groups in total. The number of hydrogen-bond acceptors (Lipinski definition) is 4. The van der Waals surface area contributed by atoms with Gasteiger partial charge in [-0.15, -0.1) is 0 Å². The van der Waals surface area contributed by atoms with E-state index in [2.05, 4.69) is 0 Å². The molecule has 0 spiro atoms. The van der Waals surface area contributed by atoms with E-state index in [-0.39, 0.29) is 29.7 Å². The van der Waals surface area contributed by atoms with E-state index in [0.29, 0.717) is 6.42 Å². The maximum atomic E-state index is 13.0. The lowest BCUT2D eigenvalue weighted by atomic mass is 9.91. The number of ketones is 1. The van der Waals surface area contributed by atoms with E-state index in [1.807, 2.05) is 20.8 Å². The molecule has 0 radical (unpaired) electrons. The highest BCUT2D eigenvalue weighted by Crippen LogP contribution is 2.21. The lowest BCUT2D eigenvalue weighted by molar-refractivity contribution is -0.126. The standard InChI is InChI=1S/C19H31NO4S/c1-14(2)17(21)11-12-20(13-18(22)19(4,5)6)25(23,24)16-9-7-15(3)8-10-16/h7-10,14,17,21H,11-13H2,1-6H3. The molecule has 1 rings (SSSR count). The zero-order chi connectivity index (χ0) is 19.4. The second-order valence-electron chi connectivity index (χ2n) is 7.92. The summed E-state index contributed by atoms with van der Waals surface area (Å²) >= 11 is 0. The molecule has 6 heteroatoms. The van der Waals surface area contributed by atoms with Crippen molar-refractivity contribution in [2.75, 3.05) is 13.1 Å². The Kier molecular flexibility index (Phi) is 7.35. The molecule has 5 nitrogen and oxygen atoms in total. The van der Waals surface area contributed by atoms with Gasteiger partial charge in [-0.05, 0) is 31.4 Å². The second kappa shape index (κ2) is 8.43. The fraction of sp³-hybridized carbons (Fsp3) is 0.632. The van der Waals surface area contributed by atoms with Gasteiger partial charge in [-0.3, -0.25) is 4.79 Å². The Morgan fingerprint density at radius 2 is 1.68 bits per heavy atom. The minimum Gasteiger partial charge on any atom is -0.393 e. The summed E-state index contributed by atoms with van der Waals surface area (Å²) in [4.78, 5) is 12.6. The molecule has 0 aromatic heterocycles. The first-order valence-electron chi connectivity index (χ1n) is 8.64. The number of aliphatic hydroxyl groups excluding tert-OH is 1. The van der Waals surface area contributed by atoms with E-state index in [0.717, 1.165) is 5.56 Å². The summed E-state index contributed by atoms with van der Waals surface area (Å²) in [6.07, 6.45) is -0.319. The van der Waals surface area contributed by atoms with Crippen LogP contribution >= 0.6 is 0 Å². The van der Waals surface area contributed by atoms with Crippen molar-refractivity contribution in [3.8, 4) is 0 Å². The predicted molar refractivity (Wildman–Crippen MR) is 99.9 cm³/mol. The highest BCUT2D eigenvalue weighted by Gasteiger charge is 2.31. The van der Waals surface area contributed by atoms with Gasteiger partial charge < -0.3 is 5.11 Å². The van der Waals surface area contributed by atoms with E-state index in [1.165, 1.54) is 4.31 Å². The van der Waals surface area contributed by atoms with Crippen LogP contribution in [0.15, 0.2) is 29.2 Å². The molecule has 0 amide bonds. The van der Waals surface area contributed by atoms with Crippen LogP contribution in [0, 0.1) is 18.3 Å². The first-order valence-corrected chi connectivity index (χ1v) is 10.1. The minimum atomic E-state index is -3.79. The highest BCUT2D eigenvalue weighted by molar-refractivity contribution is 7.89. The fourth-order valence-electron chi connectivity index (χ4n) is 2.15. The zero-order valence-electron chi connectivity index (χ0n) is 16.1. The molecule has 0 aliphatic heterocycles. The van der Waals surface area contributed by atoms with Crippen LogP contribution in [0.1, 0.15) is 46.6 Å². The van der Waals surface area contributed by atoms with Gasteiger partial charge in [0.2, 0.25) is 10.0 Å². The number of nitrogens with zero attached hydrogens (tertiary/aromatic N) is 1. The average molecular weight is 370 g/mol. The second-order valence-corrected chi connectivity index (χ2v) is 9.86. The normalized spacial score (nSPS) is 14.1. The molecule has 142 valence electrons. The monoisotopic (exact) mass is 369 g/mol. The fourth-order valence-corrected chi connectivity index (χ4v) is 3.56. The predicted octanol–water partition coefficient (Wildman–Crippen LogP) is 3.01. The van der Waals surface area contributed by atoms with Gasteiger partial charge in [0.05, 0.1) is 17.5 Å². The SMILES string of the molecule is Cc1ccc(S(=O)(=O)N(CCC(O)C(C)C)CC(=O)C(C)(C)C)cc1. The molecule has 1 atom stereocenters. The summed E-state index contributed by atoms with van der Waals surface area (Å²) in [7, 11) is -3.79. The van der Waals surface area contributed by atoms with Gasteiger partial charge >= 0.3 is 0 Å². The van der Waals surface area contributed by atoms with Crippen LogP contribution in [-0.2, 0) is 14.8 Å². The van der Waals surface area contributed by atoms with Crippen molar-refractivity contribution in [1.29, 1.82) is 0 Å². The summed E-state index contributed by atoms with van der Waals surface area (Å²) < 4.78 is 27.2. The van der Waals surface area contributed by atoms with Gasteiger partial charge in [0.15, 0.2) is 5.78 Å². The van der Waals surface area contributed by atoms with E-state index < -0.39 is 21.5 Å². The van der Waals surface area contributed by atoms with Gasteiger partial charge in [0.25, 0.3) is 0 Å². The third-order valence-electron chi connectivity index (χ3n) is 4.26. The molecule has 0 saturated carbocycles. The summed E-state index contributed by atoms with van der Waals surface area (Å²) in [6, 6.07) is 6.58. The largest absolute Gasteiger partial charge is 0.393 e. The number of carbonyl (C=O) groups excluding carboxylic acids is 1. The van der Waals surface area contributed by atoms with Gasteiger partial charge in [0, 0.05) is 12.0 Å². The molecule has 0 saturated heterocycles. The van der Waals surface area contributed by atoms with Gasteiger partial charge in [-0.25, -0.2) is 8.42 Å². The molecule has 1 unspecified atom stereocenters. The molecule has 1 aromatic rings. The summed E-state index contributed by atoms with van der Waals surface area (Å²) in [5.41, 5.74) is 0.337. The van der Waals surface area contributed by atoms with Crippen LogP contribution in [0.4, 0.5) is 0 Å². The van der Waals surface area contributed by atoms with Crippen LogP contribution in [0.2, 0.25) is 0 Å². The van der Waals surface area contributed by atoms with Gasteiger partial charge in [-0.2, -0.15) is 4.31 Å². The Morgan fingerprint density at radius 1 is 1.16 bits per heavy atom. The quantitative estimate of drug-likeness (QED) is 0.764. The van der Waals surface area contributed by atoms with Gasteiger partial charge in [0.1, 0.15) is 0 Å². The first kappa shape index (κ1) is 21.8. The number of rotatable bonds is 8. The number of benzene rings is 1. The molecule has 0 fully saturated rings. The van der Waals surface area contributed by atoms with E-state index in [9.17, 15) is 18.3 Å². The molecule has 0 bridgehead atoms. The smallest absolute Gasteiger partial charge is 0.243 e. The number of Topliss-reactive ketones (excluding diaryl/α,β-unsaturated/α-hetero) is 1. The number of carbonyl (C=O) groups is 1. The third kappa shape index (κ3) is 6.20. The Labute approximate surface area is 152 Å². The van der Waals surface area contributed by atoms with Crippen LogP contribution in [0.3, 0.4) is 0 Å². The Morgan fingerprint density at radius 3 is 2.12 bits per heavy atom. The van der Waals surface area contributed by atoms with Crippen molar-refractivity contribution in [2.45, 2.75) is 59.0 Å². The number of aliphatic hydroxyl groups is 1. The molecule has 0 heterocycles. The molecular weight excluding hydrogens is 338 g/mol.